The molecular weight excluding hydrogens is 357 g/mol. The van der Waals surface area contributed by atoms with Gasteiger partial charge in [-0.25, -0.2) is 4.39 Å². The number of aromatic nitrogens is 2. The number of nitrogens with zero attached hydrogens (tertiary/aromatic N) is 1. The zero-order chi connectivity index (χ0) is 20.1. The molecule has 5 nitrogen and oxygen atoms in total. The van der Waals surface area contributed by atoms with Crippen LogP contribution >= 0.6 is 0 Å². The molecule has 0 saturated carbocycles. The van der Waals surface area contributed by atoms with E-state index in [9.17, 15) is 9.18 Å². The van der Waals surface area contributed by atoms with Gasteiger partial charge >= 0.3 is 0 Å². The normalized spacial score (nSPS) is 12.3. The third-order valence-corrected chi connectivity index (χ3v) is 4.61. The van der Waals surface area contributed by atoms with Crippen molar-refractivity contribution in [1.29, 1.82) is 0 Å². The number of nitrogens with one attached hydrogen (secondary N) is 2. The third kappa shape index (κ3) is 4.88. The average molecular weight is 383 g/mol. The number of halogens is 1. The molecule has 2 N–H and O–H groups in total. The number of carbonyl (C=O) groups excluding carboxylic acids is 1. The van der Waals surface area contributed by atoms with E-state index in [0.717, 1.165) is 29.5 Å². The predicted molar refractivity (Wildman–Crippen MR) is 109 cm³/mol. The Morgan fingerprint density at radius 2 is 1.96 bits per heavy atom. The van der Waals surface area contributed by atoms with Crippen LogP contribution in [-0.2, 0) is 0 Å². The van der Waals surface area contributed by atoms with E-state index in [2.05, 4.69) is 36.3 Å². The minimum Gasteiger partial charge on any atom is -0.491 e. The van der Waals surface area contributed by atoms with Crippen LogP contribution in [-0.4, -0.2) is 22.2 Å². The molecule has 3 rings (SSSR count). The molecule has 6 heteroatoms. The summed E-state index contributed by atoms with van der Waals surface area (Å²) in [6.45, 7) is 6.51. The molecule has 1 aromatic heterocycles. The maximum absolute atomic E-state index is 13.8. The number of carbonyl (C=O) groups is 1. The van der Waals surface area contributed by atoms with E-state index in [1.807, 2.05) is 18.2 Å². The zero-order valence-corrected chi connectivity index (χ0v) is 16.5. The first-order valence-electron chi connectivity index (χ1n) is 9.64. The summed E-state index contributed by atoms with van der Waals surface area (Å²) in [5.41, 5.74) is 0.726. The molecule has 1 unspecified atom stereocenters. The van der Waals surface area contributed by atoms with Gasteiger partial charge in [-0.1, -0.05) is 32.4 Å². The van der Waals surface area contributed by atoms with Crippen LogP contribution in [0.25, 0.3) is 10.9 Å². The van der Waals surface area contributed by atoms with Crippen LogP contribution in [0.2, 0.25) is 0 Å². The number of benzene rings is 2. The second-order valence-corrected chi connectivity index (χ2v) is 7.47. The van der Waals surface area contributed by atoms with Crippen LogP contribution in [0.1, 0.15) is 50.4 Å². The first-order valence-corrected chi connectivity index (χ1v) is 9.64. The fourth-order valence-electron chi connectivity index (χ4n) is 3.09. The summed E-state index contributed by atoms with van der Waals surface area (Å²) in [6, 6.07) is 11.4. The van der Waals surface area contributed by atoms with Crippen molar-refractivity contribution in [2.45, 2.75) is 46.1 Å². The number of rotatable bonds is 8. The van der Waals surface area contributed by atoms with Crippen molar-refractivity contribution in [3.05, 3.63) is 53.8 Å². The van der Waals surface area contributed by atoms with Gasteiger partial charge in [0.05, 0.1) is 17.2 Å². The van der Waals surface area contributed by atoms with Crippen molar-refractivity contribution < 1.29 is 13.9 Å². The van der Waals surface area contributed by atoms with Gasteiger partial charge in [0.1, 0.15) is 11.6 Å². The maximum atomic E-state index is 13.8. The quantitative estimate of drug-likeness (QED) is 0.536. The summed E-state index contributed by atoms with van der Waals surface area (Å²) in [4.78, 5) is 12.3. The highest BCUT2D eigenvalue weighted by Gasteiger charge is 2.15. The largest absolute Gasteiger partial charge is 0.491 e. The maximum Gasteiger partial charge on any atom is 0.259 e. The van der Waals surface area contributed by atoms with Gasteiger partial charge in [0.2, 0.25) is 0 Å². The first kappa shape index (κ1) is 19.9. The summed E-state index contributed by atoms with van der Waals surface area (Å²) in [5, 5.41) is 10.4. The molecule has 0 radical (unpaired) electrons. The smallest absolute Gasteiger partial charge is 0.259 e. The van der Waals surface area contributed by atoms with Crippen LogP contribution in [0.3, 0.4) is 0 Å². The average Bonchev–Trinajstić information content (AvgIpc) is 3.03. The Bertz CT molecular complexity index is 952. The number of anilines is 1. The molecule has 0 bridgehead atoms. The Morgan fingerprint density at radius 1 is 1.18 bits per heavy atom. The van der Waals surface area contributed by atoms with Crippen molar-refractivity contribution in [2.24, 2.45) is 5.92 Å². The Hall–Kier alpha value is -2.89. The van der Waals surface area contributed by atoms with Crippen molar-refractivity contribution in [3.8, 4) is 5.75 Å². The minimum atomic E-state index is -0.568. The number of aromatic amines is 1. The van der Waals surface area contributed by atoms with Crippen molar-refractivity contribution >= 4 is 22.6 Å². The topological polar surface area (TPSA) is 67.0 Å². The molecular formula is C22H26FN3O2. The van der Waals surface area contributed by atoms with Gasteiger partial charge in [-0.05, 0) is 49.9 Å². The number of hydrogen-bond acceptors (Lipinski definition) is 3. The van der Waals surface area contributed by atoms with Crippen molar-refractivity contribution in [2.75, 3.05) is 5.32 Å². The summed E-state index contributed by atoms with van der Waals surface area (Å²) >= 11 is 0. The minimum absolute atomic E-state index is 0.0196. The van der Waals surface area contributed by atoms with Gasteiger partial charge in [-0.3, -0.25) is 9.89 Å². The number of H-pyrrole nitrogens is 1. The van der Waals surface area contributed by atoms with E-state index in [4.69, 9.17) is 4.74 Å². The fourth-order valence-corrected chi connectivity index (χ4v) is 3.09. The lowest BCUT2D eigenvalue weighted by atomic mass is 10.0. The lowest BCUT2D eigenvalue weighted by molar-refractivity contribution is 0.102. The van der Waals surface area contributed by atoms with Crippen LogP contribution in [0.5, 0.6) is 5.75 Å². The van der Waals surface area contributed by atoms with Gasteiger partial charge in [0, 0.05) is 11.5 Å². The molecule has 1 amide bonds. The molecule has 0 saturated heterocycles. The molecule has 28 heavy (non-hydrogen) atoms. The van der Waals surface area contributed by atoms with Crippen molar-refractivity contribution in [3.63, 3.8) is 0 Å². The highest BCUT2D eigenvalue weighted by Crippen LogP contribution is 2.26. The molecule has 0 aliphatic heterocycles. The summed E-state index contributed by atoms with van der Waals surface area (Å²) in [5.74, 6) is 0.707. The molecule has 1 atom stereocenters. The number of ether oxygens (including phenoxy) is 1. The lowest BCUT2D eigenvalue weighted by Crippen LogP contribution is -2.14. The molecule has 148 valence electrons. The van der Waals surface area contributed by atoms with Gasteiger partial charge in [0.15, 0.2) is 5.82 Å². The Kier molecular flexibility index (Phi) is 6.29. The van der Waals surface area contributed by atoms with E-state index in [1.54, 1.807) is 12.1 Å². The molecule has 2 aromatic carbocycles. The fraction of sp³-hybridized carbons (Fsp3) is 0.364. The molecule has 0 aliphatic rings. The molecule has 1 heterocycles. The molecule has 3 aromatic rings. The highest BCUT2D eigenvalue weighted by atomic mass is 19.1. The van der Waals surface area contributed by atoms with Crippen molar-refractivity contribution in [1.82, 2.24) is 10.2 Å². The van der Waals surface area contributed by atoms with Gasteiger partial charge in [0.25, 0.3) is 5.91 Å². The number of amides is 1. The highest BCUT2D eigenvalue weighted by molar-refractivity contribution is 6.08. The molecule has 0 aliphatic carbocycles. The zero-order valence-electron chi connectivity index (χ0n) is 16.5. The lowest BCUT2D eigenvalue weighted by Gasteiger charge is -2.15. The van der Waals surface area contributed by atoms with Crippen LogP contribution < -0.4 is 10.1 Å². The standard InChI is InChI=1S/C22H26FN3O2/c1-14(2)7-6-8-15(3)28-16-11-12-18-20(13-16)25-26-21(18)24-22(27)17-9-4-5-10-19(17)23/h4-5,9-15H,6-8H2,1-3H3,(H2,24,25,26,27). The van der Waals surface area contributed by atoms with Gasteiger partial charge in [-0.15, -0.1) is 0 Å². The van der Waals surface area contributed by atoms with Gasteiger partial charge < -0.3 is 10.1 Å². The van der Waals surface area contributed by atoms with Crippen LogP contribution in [0, 0.1) is 11.7 Å². The summed E-state index contributed by atoms with van der Waals surface area (Å²) in [7, 11) is 0. The monoisotopic (exact) mass is 383 g/mol. The number of hydrogen-bond donors (Lipinski definition) is 2. The SMILES string of the molecule is CC(C)CCCC(C)Oc1ccc2c(NC(=O)c3ccccc3F)n[nH]c2c1. The van der Waals surface area contributed by atoms with E-state index in [-0.39, 0.29) is 11.7 Å². The second-order valence-electron chi connectivity index (χ2n) is 7.47. The molecule has 0 spiro atoms. The van der Waals surface area contributed by atoms with E-state index >= 15 is 0 Å². The molecule has 0 fully saturated rings. The van der Waals surface area contributed by atoms with E-state index < -0.39 is 11.7 Å². The van der Waals surface area contributed by atoms with E-state index in [0.29, 0.717) is 11.7 Å². The first-order chi connectivity index (χ1) is 13.4. The second kappa shape index (κ2) is 8.87. The van der Waals surface area contributed by atoms with E-state index in [1.165, 1.54) is 18.6 Å². The van der Waals surface area contributed by atoms with Crippen LogP contribution in [0.15, 0.2) is 42.5 Å². The van der Waals surface area contributed by atoms with Gasteiger partial charge in [-0.2, -0.15) is 5.10 Å². The Labute approximate surface area is 164 Å². The summed E-state index contributed by atoms with van der Waals surface area (Å²) in [6.07, 6.45) is 3.46. The van der Waals surface area contributed by atoms with Crippen LogP contribution in [0.4, 0.5) is 10.2 Å². The Morgan fingerprint density at radius 3 is 2.71 bits per heavy atom. The third-order valence-electron chi connectivity index (χ3n) is 4.61. The number of fused-ring (bicyclic) bond motifs is 1. The summed E-state index contributed by atoms with van der Waals surface area (Å²) < 4.78 is 19.8. The predicted octanol–water partition coefficient (Wildman–Crippen LogP) is 5.55. The Balaban J connectivity index is 1.67.